The highest BCUT2D eigenvalue weighted by Gasteiger charge is 2.04. The fraction of sp³-hybridized carbons (Fsp3) is 0.167. The van der Waals surface area contributed by atoms with Gasteiger partial charge in [-0.1, -0.05) is 30.4 Å². The maximum atomic E-state index is 5.12. The molecule has 1 nitrogen and oxygen atoms in total. The Morgan fingerprint density at radius 3 is 2.38 bits per heavy atom. The van der Waals surface area contributed by atoms with E-state index >= 15 is 0 Å². The number of methoxy groups -OCH3 is 1. The maximum Gasteiger partial charge on any atom is 0.115 e. The number of rotatable bonds is 1. The van der Waals surface area contributed by atoms with Crippen molar-refractivity contribution in [1.82, 2.24) is 0 Å². The molecule has 0 aromatic heterocycles. The first kappa shape index (κ1) is 8.11. The van der Waals surface area contributed by atoms with Crippen LogP contribution in [0.15, 0.2) is 59.4 Å². The summed E-state index contributed by atoms with van der Waals surface area (Å²) >= 11 is 0. The second kappa shape index (κ2) is 3.48. The molecule has 0 N–H and O–H groups in total. The van der Waals surface area contributed by atoms with Gasteiger partial charge in [0.15, 0.2) is 0 Å². The highest BCUT2D eigenvalue weighted by Crippen LogP contribution is 2.22. The molecule has 13 heavy (non-hydrogen) atoms. The Morgan fingerprint density at radius 1 is 1.08 bits per heavy atom. The molecule has 0 bridgehead atoms. The first-order valence-corrected chi connectivity index (χ1v) is 4.40. The summed E-state index contributed by atoms with van der Waals surface area (Å²) < 4.78 is 5.12. The van der Waals surface area contributed by atoms with Crippen LogP contribution in [0.5, 0.6) is 0 Å². The molecule has 0 spiro atoms. The van der Waals surface area contributed by atoms with Crippen LogP contribution in [0.1, 0.15) is 6.42 Å². The highest BCUT2D eigenvalue weighted by molar-refractivity contribution is 5.49. The van der Waals surface area contributed by atoms with E-state index in [2.05, 4.69) is 36.5 Å². The fourth-order valence-electron chi connectivity index (χ4n) is 1.48. The topological polar surface area (TPSA) is 9.23 Å². The van der Waals surface area contributed by atoms with E-state index in [0.717, 1.165) is 12.2 Å². The van der Waals surface area contributed by atoms with Gasteiger partial charge in [-0.15, -0.1) is 0 Å². The van der Waals surface area contributed by atoms with Crippen LogP contribution in [-0.4, -0.2) is 7.11 Å². The third-order valence-corrected chi connectivity index (χ3v) is 2.24. The van der Waals surface area contributed by atoms with E-state index in [1.165, 1.54) is 11.1 Å². The van der Waals surface area contributed by atoms with Gasteiger partial charge in [-0.2, -0.15) is 0 Å². The third-order valence-electron chi connectivity index (χ3n) is 2.24. The van der Waals surface area contributed by atoms with Crippen molar-refractivity contribution < 1.29 is 4.74 Å². The van der Waals surface area contributed by atoms with Gasteiger partial charge in [-0.05, 0) is 29.7 Å². The van der Waals surface area contributed by atoms with Gasteiger partial charge in [0.2, 0.25) is 0 Å². The fourth-order valence-corrected chi connectivity index (χ4v) is 1.48. The van der Waals surface area contributed by atoms with Gasteiger partial charge in [-0.25, -0.2) is 0 Å². The molecule has 2 aliphatic rings. The van der Waals surface area contributed by atoms with Crippen molar-refractivity contribution in [3.63, 3.8) is 0 Å². The van der Waals surface area contributed by atoms with E-state index in [4.69, 9.17) is 4.74 Å². The summed E-state index contributed by atoms with van der Waals surface area (Å²) in [5, 5.41) is 0. The number of hydrogen-bond acceptors (Lipinski definition) is 1. The zero-order valence-electron chi connectivity index (χ0n) is 7.66. The molecular weight excluding hydrogens is 160 g/mol. The Hall–Kier alpha value is -1.50. The molecule has 1 heteroatoms. The van der Waals surface area contributed by atoms with Gasteiger partial charge in [0.25, 0.3) is 0 Å². The quantitative estimate of drug-likeness (QED) is 0.591. The van der Waals surface area contributed by atoms with Crippen LogP contribution in [0, 0.1) is 0 Å². The summed E-state index contributed by atoms with van der Waals surface area (Å²) in [5.41, 5.74) is 2.66. The summed E-state index contributed by atoms with van der Waals surface area (Å²) in [5.74, 6) is 0.954. The van der Waals surface area contributed by atoms with Crippen LogP contribution in [0.4, 0.5) is 0 Å². The molecule has 0 aliphatic heterocycles. The maximum absolute atomic E-state index is 5.12. The monoisotopic (exact) mass is 172 g/mol. The zero-order chi connectivity index (χ0) is 9.10. The van der Waals surface area contributed by atoms with Crippen LogP contribution in [0.3, 0.4) is 0 Å². The van der Waals surface area contributed by atoms with E-state index < -0.39 is 0 Å². The van der Waals surface area contributed by atoms with Crippen LogP contribution < -0.4 is 0 Å². The van der Waals surface area contributed by atoms with E-state index in [1.807, 2.05) is 6.08 Å². The van der Waals surface area contributed by atoms with Crippen molar-refractivity contribution in [2.75, 3.05) is 7.11 Å². The molecular formula is C12H12O. The summed E-state index contributed by atoms with van der Waals surface area (Å²) in [6.07, 6.45) is 15.6. The second-order valence-electron chi connectivity index (χ2n) is 3.05. The first-order chi connectivity index (χ1) is 6.40. The van der Waals surface area contributed by atoms with Crippen LogP contribution in [-0.2, 0) is 4.74 Å². The average Bonchev–Trinajstić information content (AvgIpc) is 2.71. The molecule has 0 amide bonds. The lowest BCUT2D eigenvalue weighted by Gasteiger charge is -2.09. The van der Waals surface area contributed by atoms with E-state index in [9.17, 15) is 0 Å². The molecule has 0 saturated heterocycles. The molecule has 0 aromatic rings. The van der Waals surface area contributed by atoms with Crippen LogP contribution in [0.25, 0.3) is 0 Å². The number of allylic oxidation sites excluding steroid dienone is 9. The van der Waals surface area contributed by atoms with E-state index in [1.54, 1.807) is 7.11 Å². The Labute approximate surface area is 78.4 Å². The highest BCUT2D eigenvalue weighted by atomic mass is 16.5. The molecule has 0 atom stereocenters. The minimum absolute atomic E-state index is 0.954. The molecule has 0 radical (unpaired) electrons. The molecule has 66 valence electrons. The number of hydrogen-bond donors (Lipinski definition) is 0. The third kappa shape index (κ3) is 1.64. The van der Waals surface area contributed by atoms with E-state index in [0.29, 0.717) is 0 Å². The molecule has 2 aliphatic carbocycles. The summed E-state index contributed by atoms with van der Waals surface area (Å²) in [7, 11) is 1.70. The smallest absolute Gasteiger partial charge is 0.115 e. The van der Waals surface area contributed by atoms with Gasteiger partial charge >= 0.3 is 0 Å². The minimum atomic E-state index is 0.954. The van der Waals surface area contributed by atoms with Gasteiger partial charge in [0.05, 0.1) is 7.11 Å². The molecule has 0 aromatic carbocycles. The predicted molar refractivity (Wildman–Crippen MR) is 54.2 cm³/mol. The van der Waals surface area contributed by atoms with Crippen LogP contribution in [0.2, 0.25) is 0 Å². The average molecular weight is 172 g/mol. The molecule has 0 heterocycles. The van der Waals surface area contributed by atoms with Crippen molar-refractivity contribution in [1.29, 1.82) is 0 Å². The molecule has 0 unspecified atom stereocenters. The Bertz CT molecular complexity index is 337. The van der Waals surface area contributed by atoms with Crippen molar-refractivity contribution in [2.24, 2.45) is 0 Å². The summed E-state index contributed by atoms with van der Waals surface area (Å²) in [4.78, 5) is 0. The van der Waals surface area contributed by atoms with Gasteiger partial charge < -0.3 is 4.74 Å². The molecule has 0 fully saturated rings. The normalized spacial score (nSPS) is 19.6. The minimum Gasteiger partial charge on any atom is -0.497 e. The lowest BCUT2D eigenvalue weighted by Crippen LogP contribution is -1.91. The van der Waals surface area contributed by atoms with Gasteiger partial charge in [-0.3, -0.25) is 0 Å². The first-order valence-electron chi connectivity index (χ1n) is 4.40. The summed E-state index contributed by atoms with van der Waals surface area (Å²) in [6, 6.07) is 0. The van der Waals surface area contributed by atoms with Gasteiger partial charge in [0, 0.05) is 0 Å². The Morgan fingerprint density at radius 2 is 1.85 bits per heavy atom. The lowest BCUT2D eigenvalue weighted by atomic mass is 10.0. The second-order valence-corrected chi connectivity index (χ2v) is 3.05. The largest absolute Gasteiger partial charge is 0.497 e. The van der Waals surface area contributed by atoms with Crippen molar-refractivity contribution in [3.8, 4) is 0 Å². The number of ether oxygens (including phenoxy) is 1. The summed E-state index contributed by atoms with van der Waals surface area (Å²) in [6.45, 7) is 0. The van der Waals surface area contributed by atoms with Crippen molar-refractivity contribution >= 4 is 0 Å². The van der Waals surface area contributed by atoms with E-state index in [-0.39, 0.29) is 0 Å². The predicted octanol–water partition coefficient (Wildman–Crippen LogP) is 2.90. The Kier molecular flexibility index (Phi) is 2.17. The van der Waals surface area contributed by atoms with Gasteiger partial charge in [0.1, 0.15) is 5.76 Å². The van der Waals surface area contributed by atoms with Crippen LogP contribution >= 0.6 is 0 Å². The Balaban J connectivity index is 2.21. The standard InChI is InChI=1S/C12H12O/c1-13-12-8-6-11(7-9-12)10-4-2-3-5-10/h2-6,8-9H,7H2,1H3. The molecule has 2 rings (SSSR count). The zero-order valence-corrected chi connectivity index (χ0v) is 7.66. The lowest BCUT2D eigenvalue weighted by molar-refractivity contribution is 0.304. The van der Waals surface area contributed by atoms with Crippen molar-refractivity contribution in [3.05, 3.63) is 59.4 Å². The molecule has 0 saturated carbocycles. The van der Waals surface area contributed by atoms with Crippen molar-refractivity contribution in [2.45, 2.75) is 6.42 Å². The SMILES string of the molecule is COC1=CCC(=C2C=CC=C2)C=C1.